The number of benzene rings is 4. The van der Waals surface area contributed by atoms with Crippen molar-refractivity contribution in [3.8, 4) is 5.75 Å². The minimum atomic E-state index is -0.503. The number of rotatable bonds is 7. The number of carbonyl (C=O) groups is 3. The molecule has 0 aromatic heterocycles. The zero-order chi connectivity index (χ0) is 25.8. The van der Waals surface area contributed by atoms with Crippen molar-refractivity contribution in [2.24, 2.45) is 0 Å². The summed E-state index contributed by atoms with van der Waals surface area (Å²) in [5.74, 6) is -0.339. The first-order valence-corrected chi connectivity index (χ1v) is 12.6. The van der Waals surface area contributed by atoms with E-state index < -0.39 is 17.1 Å². The van der Waals surface area contributed by atoms with E-state index in [1.165, 1.54) is 0 Å². The summed E-state index contributed by atoms with van der Waals surface area (Å²) in [6, 6.07) is 28.8. The van der Waals surface area contributed by atoms with Crippen molar-refractivity contribution in [2.45, 2.75) is 13.5 Å². The first-order chi connectivity index (χ1) is 18.0. The van der Waals surface area contributed by atoms with Crippen molar-refractivity contribution >= 4 is 51.4 Å². The number of thioether (sulfide) groups is 1. The molecule has 0 unspecified atom stereocenters. The third-order valence-electron chi connectivity index (χ3n) is 5.92. The predicted octanol–water partition coefficient (Wildman–Crippen LogP) is 6.40. The van der Waals surface area contributed by atoms with Crippen molar-refractivity contribution in [3.63, 3.8) is 0 Å². The van der Waals surface area contributed by atoms with Crippen LogP contribution in [0.4, 0.5) is 10.5 Å². The van der Waals surface area contributed by atoms with Gasteiger partial charge in [-0.2, -0.15) is 0 Å². The van der Waals surface area contributed by atoms with Crippen LogP contribution in [0.5, 0.6) is 5.75 Å². The largest absolute Gasteiger partial charge is 0.488 e. The van der Waals surface area contributed by atoms with Crippen LogP contribution in [0.2, 0.25) is 0 Å². The highest BCUT2D eigenvalue weighted by atomic mass is 32.2. The lowest BCUT2D eigenvalue weighted by Crippen LogP contribution is -2.36. The SMILES string of the molecule is Cc1cccc(NC(=O)CN2C(=O)S/C(=C/c3c(OCc4ccccc4)ccc4ccccc34)C2=O)c1. The summed E-state index contributed by atoms with van der Waals surface area (Å²) >= 11 is 0.822. The molecule has 1 heterocycles. The van der Waals surface area contributed by atoms with E-state index in [0.29, 0.717) is 23.6 Å². The molecule has 4 aromatic carbocycles. The number of carbonyl (C=O) groups excluding carboxylic acids is 3. The van der Waals surface area contributed by atoms with Gasteiger partial charge in [-0.15, -0.1) is 0 Å². The van der Waals surface area contributed by atoms with Crippen molar-refractivity contribution in [3.05, 3.63) is 113 Å². The number of anilines is 1. The van der Waals surface area contributed by atoms with Crippen molar-refractivity contribution in [2.75, 3.05) is 11.9 Å². The van der Waals surface area contributed by atoms with Gasteiger partial charge < -0.3 is 10.1 Å². The first-order valence-electron chi connectivity index (χ1n) is 11.8. The Morgan fingerprint density at radius 1 is 0.946 bits per heavy atom. The lowest BCUT2D eigenvalue weighted by atomic mass is 10.0. The fourth-order valence-corrected chi connectivity index (χ4v) is 4.94. The summed E-state index contributed by atoms with van der Waals surface area (Å²) in [5, 5.41) is 4.15. The molecule has 5 rings (SSSR count). The smallest absolute Gasteiger partial charge is 0.294 e. The molecule has 0 radical (unpaired) electrons. The van der Waals surface area contributed by atoms with Gasteiger partial charge in [0, 0.05) is 11.3 Å². The van der Waals surface area contributed by atoms with Crippen LogP contribution in [0.3, 0.4) is 0 Å². The molecule has 0 saturated carbocycles. The lowest BCUT2D eigenvalue weighted by Gasteiger charge is -2.14. The third-order valence-corrected chi connectivity index (χ3v) is 6.83. The Balaban J connectivity index is 1.40. The summed E-state index contributed by atoms with van der Waals surface area (Å²) in [6.07, 6.45) is 1.69. The molecular weight excluding hydrogens is 484 g/mol. The van der Waals surface area contributed by atoms with Gasteiger partial charge in [0.2, 0.25) is 5.91 Å². The van der Waals surface area contributed by atoms with Crippen LogP contribution < -0.4 is 10.1 Å². The highest BCUT2D eigenvalue weighted by Gasteiger charge is 2.36. The van der Waals surface area contributed by atoms with Gasteiger partial charge in [-0.3, -0.25) is 19.3 Å². The van der Waals surface area contributed by atoms with Crippen LogP contribution >= 0.6 is 11.8 Å². The van der Waals surface area contributed by atoms with E-state index in [1.807, 2.05) is 91.9 Å². The Hall–Kier alpha value is -4.36. The Morgan fingerprint density at radius 3 is 2.54 bits per heavy atom. The fourth-order valence-electron chi connectivity index (χ4n) is 4.12. The average molecular weight is 509 g/mol. The number of fused-ring (bicyclic) bond motifs is 1. The van der Waals surface area contributed by atoms with Crippen LogP contribution in [-0.2, 0) is 16.2 Å². The summed E-state index contributed by atoms with van der Waals surface area (Å²) in [5.41, 5.74) is 3.33. The minimum Gasteiger partial charge on any atom is -0.488 e. The van der Waals surface area contributed by atoms with Crippen LogP contribution in [0.25, 0.3) is 16.8 Å². The molecule has 0 bridgehead atoms. The molecule has 0 spiro atoms. The highest BCUT2D eigenvalue weighted by Crippen LogP contribution is 2.37. The minimum absolute atomic E-state index is 0.245. The number of nitrogens with one attached hydrogen (secondary N) is 1. The Bertz CT molecular complexity index is 1530. The summed E-state index contributed by atoms with van der Waals surface area (Å²) < 4.78 is 6.14. The molecular formula is C30H24N2O4S. The molecule has 37 heavy (non-hydrogen) atoms. The second-order valence-electron chi connectivity index (χ2n) is 8.66. The quantitative estimate of drug-likeness (QED) is 0.292. The zero-order valence-electron chi connectivity index (χ0n) is 20.1. The summed E-state index contributed by atoms with van der Waals surface area (Å²) in [4.78, 5) is 39.7. The van der Waals surface area contributed by atoms with E-state index >= 15 is 0 Å². The van der Waals surface area contributed by atoms with Crippen LogP contribution in [0.1, 0.15) is 16.7 Å². The van der Waals surface area contributed by atoms with Gasteiger partial charge in [-0.05, 0) is 64.9 Å². The fraction of sp³-hybridized carbons (Fsp3) is 0.100. The maximum absolute atomic E-state index is 13.2. The van der Waals surface area contributed by atoms with E-state index in [-0.39, 0.29) is 11.4 Å². The molecule has 1 saturated heterocycles. The number of hydrogen-bond donors (Lipinski definition) is 1. The normalized spacial score (nSPS) is 14.4. The molecule has 6 nitrogen and oxygen atoms in total. The molecule has 1 aliphatic heterocycles. The Kier molecular flexibility index (Phi) is 7.05. The number of ether oxygens (including phenoxy) is 1. The van der Waals surface area contributed by atoms with Gasteiger partial charge in [-0.1, -0.05) is 72.8 Å². The van der Waals surface area contributed by atoms with Gasteiger partial charge in [0.15, 0.2) is 0 Å². The van der Waals surface area contributed by atoms with Crippen molar-refractivity contribution < 1.29 is 19.1 Å². The van der Waals surface area contributed by atoms with E-state index in [4.69, 9.17) is 4.74 Å². The third kappa shape index (κ3) is 5.57. The van der Waals surface area contributed by atoms with E-state index in [0.717, 1.165) is 38.6 Å². The number of hydrogen-bond acceptors (Lipinski definition) is 5. The van der Waals surface area contributed by atoms with Gasteiger partial charge in [0.25, 0.3) is 11.1 Å². The van der Waals surface area contributed by atoms with Gasteiger partial charge in [-0.25, -0.2) is 0 Å². The second kappa shape index (κ2) is 10.7. The van der Waals surface area contributed by atoms with Crippen LogP contribution in [-0.4, -0.2) is 28.5 Å². The molecule has 7 heteroatoms. The topological polar surface area (TPSA) is 75.7 Å². The number of imide groups is 1. The molecule has 4 aromatic rings. The maximum Gasteiger partial charge on any atom is 0.294 e. The Morgan fingerprint density at radius 2 is 1.73 bits per heavy atom. The molecule has 1 aliphatic rings. The maximum atomic E-state index is 13.2. The molecule has 1 fully saturated rings. The molecule has 184 valence electrons. The molecule has 0 atom stereocenters. The predicted molar refractivity (Wildman–Crippen MR) is 147 cm³/mol. The molecule has 1 N–H and O–H groups in total. The number of nitrogens with zero attached hydrogens (tertiary/aromatic N) is 1. The molecule has 0 aliphatic carbocycles. The van der Waals surface area contributed by atoms with E-state index in [1.54, 1.807) is 12.1 Å². The number of amides is 3. The van der Waals surface area contributed by atoms with Gasteiger partial charge in [0.05, 0.1) is 4.91 Å². The second-order valence-corrected chi connectivity index (χ2v) is 9.65. The first kappa shape index (κ1) is 24.3. The van der Waals surface area contributed by atoms with Gasteiger partial charge >= 0.3 is 0 Å². The van der Waals surface area contributed by atoms with Gasteiger partial charge in [0.1, 0.15) is 18.9 Å². The van der Waals surface area contributed by atoms with Crippen molar-refractivity contribution in [1.29, 1.82) is 0 Å². The number of aryl methyl sites for hydroxylation is 1. The van der Waals surface area contributed by atoms with E-state index in [2.05, 4.69) is 5.32 Å². The summed E-state index contributed by atoms with van der Waals surface area (Å²) in [7, 11) is 0. The van der Waals surface area contributed by atoms with Crippen molar-refractivity contribution in [1.82, 2.24) is 4.90 Å². The summed E-state index contributed by atoms with van der Waals surface area (Å²) in [6.45, 7) is 1.92. The van der Waals surface area contributed by atoms with Crippen LogP contribution in [0.15, 0.2) is 95.9 Å². The van der Waals surface area contributed by atoms with Crippen LogP contribution in [0, 0.1) is 6.92 Å². The molecule has 3 amide bonds. The average Bonchev–Trinajstić information content (AvgIpc) is 3.16. The lowest BCUT2D eigenvalue weighted by molar-refractivity contribution is -0.127. The standard InChI is InChI=1S/C30H24N2O4S/c1-20-8-7-12-23(16-20)31-28(33)18-32-29(34)27(37-30(32)35)17-25-24-13-6-5-11-22(24)14-15-26(25)36-19-21-9-3-2-4-10-21/h2-17H,18-19H2,1H3,(H,31,33)/b27-17+. The monoisotopic (exact) mass is 508 g/mol. The van der Waals surface area contributed by atoms with E-state index in [9.17, 15) is 14.4 Å². The highest BCUT2D eigenvalue weighted by molar-refractivity contribution is 8.18. The Labute approximate surface area is 218 Å². The zero-order valence-corrected chi connectivity index (χ0v) is 21.0.